The Bertz CT molecular complexity index is 645. The summed E-state index contributed by atoms with van der Waals surface area (Å²) in [6.45, 7) is 7.41. The molecule has 6 nitrogen and oxygen atoms in total. The van der Waals surface area contributed by atoms with Gasteiger partial charge in [-0.3, -0.25) is 9.69 Å². The lowest BCUT2D eigenvalue weighted by Crippen LogP contribution is -2.45. The van der Waals surface area contributed by atoms with Gasteiger partial charge in [0.1, 0.15) is 11.0 Å². The Morgan fingerprint density at radius 2 is 2.09 bits per heavy atom. The molecule has 118 valence electrons. The number of carbonyl (C=O) groups excluding carboxylic acids is 1. The van der Waals surface area contributed by atoms with Crippen LogP contribution in [-0.4, -0.2) is 51.9 Å². The number of H-pyrrole nitrogens is 1. The molecule has 0 bridgehead atoms. The van der Waals surface area contributed by atoms with E-state index in [9.17, 15) is 4.79 Å². The van der Waals surface area contributed by atoms with E-state index in [1.807, 2.05) is 6.07 Å². The first-order chi connectivity index (χ1) is 10.6. The van der Waals surface area contributed by atoms with E-state index in [-0.39, 0.29) is 5.91 Å². The van der Waals surface area contributed by atoms with E-state index in [4.69, 9.17) is 0 Å². The molecule has 6 heteroatoms. The van der Waals surface area contributed by atoms with E-state index in [1.54, 1.807) is 12.1 Å². The van der Waals surface area contributed by atoms with E-state index in [0.29, 0.717) is 23.7 Å². The van der Waals surface area contributed by atoms with Crippen molar-refractivity contribution in [1.82, 2.24) is 25.6 Å². The van der Waals surface area contributed by atoms with Gasteiger partial charge in [-0.2, -0.15) is 15.4 Å². The fourth-order valence-corrected chi connectivity index (χ4v) is 2.92. The Morgan fingerprint density at radius 1 is 1.36 bits per heavy atom. The van der Waals surface area contributed by atoms with E-state index in [1.165, 1.54) is 12.8 Å². The van der Waals surface area contributed by atoms with Crippen molar-refractivity contribution >= 4 is 16.9 Å². The van der Waals surface area contributed by atoms with Crippen molar-refractivity contribution in [2.24, 2.45) is 5.92 Å². The zero-order valence-corrected chi connectivity index (χ0v) is 13.2. The molecule has 1 amide bonds. The molecule has 1 saturated heterocycles. The monoisotopic (exact) mass is 301 g/mol. The van der Waals surface area contributed by atoms with Crippen LogP contribution in [-0.2, 0) is 0 Å². The quantitative estimate of drug-likeness (QED) is 0.903. The van der Waals surface area contributed by atoms with Crippen molar-refractivity contribution in [1.29, 1.82) is 0 Å². The van der Waals surface area contributed by atoms with Gasteiger partial charge in [0.05, 0.1) is 0 Å². The summed E-state index contributed by atoms with van der Waals surface area (Å²) in [6.07, 6.45) is 2.50. The summed E-state index contributed by atoms with van der Waals surface area (Å²) in [7, 11) is 0. The van der Waals surface area contributed by atoms with Crippen LogP contribution in [0.1, 0.15) is 37.0 Å². The number of aromatic amines is 1. The molecular weight excluding hydrogens is 278 g/mol. The van der Waals surface area contributed by atoms with Crippen LogP contribution < -0.4 is 5.32 Å². The largest absolute Gasteiger partial charge is 0.350 e. The Morgan fingerprint density at radius 3 is 2.86 bits per heavy atom. The van der Waals surface area contributed by atoms with Gasteiger partial charge in [-0.05, 0) is 57.0 Å². The van der Waals surface area contributed by atoms with Crippen LogP contribution in [0.25, 0.3) is 11.0 Å². The molecule has 0 spiro atoms. The van der Waals surface area contributed by atoms with Crippen LogP contribution >= 0.6 is 0 Å². The van der Waals surface area contributed by atoms with Crippen LogP contribution in [0, 0.1) is 5.92 Å². The smallest absolute Gasteiger partial charge is 0.251 e. The van der Waals surface area contributed by atoms with Gasteiger partial charge in [-0.25, -0.2) is 0 Å². The average Bonchev–Trinajstić information content (AvgIpc) is 3.00. The molecule has 1 atom stereocenters. The van der Waals surface area contributed by atoms with Gasteiger partial charge in [0, 0.05) is 18.2 Å². The van der Waals surface area contributed by atoms with Crippen molar-refractivity contribution in [2.45, 2.75) is 32.7 Å². The second kappa shape index (κ2) is 6.44. The number of fused-ring (bicyclic) bond motifs is 1. The Hall–Kier alpha value is -1.95. The maximum atomic E-state index is 12.3. The summed E-state index contributed by atoms with van der Waals surface area (Å²) in [5.74, 6) is 0.773. The molecule has 1 aliphatic heterocycles. The number of aromatic nitrogens is 3. The molecule has 1 aromatic carbocycles. The molecule has 0 aliphatic carbocycles. The number of nitrogens with one attached hydrogen (secondary N) is 2. The van der Waals surface area contributed by atoms with E-state index in [2.05, 4.69) is 39.5 Å². The second-order valence-electron chi connectivity index (χ2n) is 6.30. The maximum Gasteiger partial charge on any atom is 0.251 e. The van der Waals surface area contributed by atoms with E-state index in [0.717, 1.165) is 24.5 Å². The summed E-state index contributed by atoms with van der Waals surface area (Å²) in [6, 6.07) is 5.73. The fraction of sp³-hybridized carbons (Fsp3) is 0.562. The number of benzene rings is 1. The third kappa shape index (κ3) is 3.27. The Labute approximate surface area is 130 Å². The van der Waals surface area contributed by atoms with Gasteiger partial charge >= 0.3 is 0 Å². The average molecular weight is 301 g/mol. The molecule has 2 heterocycles. The number of hydrogen-bond acceptors (Lipinski definition) is 4. The number of amides is 1. The predicted octanol–water partition coefficient (Wildman–Crippen LogP) is 1.81. The highest BCUT2D eigenvalue weighted by Gasteiger charge is 2.20. The van der Waals surface area contributed by atoms with Crippen molar-refractivity contribution < 1.29 is 4.79 Å². The van der Waals surface area contributed by atoms with E-state index < -0.39 is 0 Å². The van der Waals surface area contributed by atoms with Gasteiger partial charge in [0.15, 0.2) is 0 Å². The summed E-state index contributed by atoms with van der Waals surface area (Å²) < 4.78 is 0. The minimum Gasteiger partial charge on any atom is -0.350 e. The molecule has 2 aromatic rings. The molecule has 2 N–H and O–H groups in total. The lowest BCUT2D eigenvalue weighted by molar-refractivity contribution is 0.0922. The summed E-state index contributed by atoms with van der Waals surface area (Å²) in [5.41, 5.74) is 2.11. The third-order valence-corrected chi connectivity index (χ3v) is 4.58. The van der Waals surface area contributed by atoms with Crippen molar-refractivity contribution in [3.63, 3.8) is 0 Å². The highest BCUT2D eigenvalue weighted by atomic mass is 16.1. The minimum atomic E-state index is -0.0536. The van der Waals surface area contributed by atoms with E-state index >= 15 is 0 Å². The minimum absolute atomic E-state index is 0.0536. The van der Waals surface area contributed by atoms with Crippen molar-refractivity contribution in [3.8, 4) is 0 Å². The zero-order valence-electron chi connectivity index (χ0n) is 13.2. The zero-order chi connectivity index (χ0) is 15.5. The summed E-state index contributed by atoms with van der Waals surface area (Å²) >= 11 is 0. The topological polar surface area (TPSA) is 73.9 Å². The van der Waals surface area contributed by atoms with Crippen LogP contribution in [0.15, 0.2) is 18.2 Å². The lowest BCUT2D eigenvalue weighted by atomic mass is 9.98. The SMILES string of the molecule is CC1CCN(C(C)CNC(=O)c2ccc3n[nH]nc3c2)CC1. The molecule has 1 aliphatic rings. The first-order valence-electron chi connectivity index (χ1n) is 7.96. The van der Waals surface area contributed by atoms with Gasteiger partial charge in [-0.1, -0.05) is 6.92 Å². The number of likely N-dealkylation sites (tertiary alicyclic amines) is 1. The fourth-order valence-electron chi connectivity index (χ4n) is 2.92. The molecule has 1 aromatic heterocycles. The maximum absolute atomic E-state index is 12.3. The lowest BCUT2D eigenvalue weighted by Gasteiger charge is -2.35. The first kappa shape index (κ1) is 15.0. The molecule has 3 rings (SSSR count). The van der Waals surface area contributed by atoms with Crippen LogP contribution in [0.2, 0.25) is 0 Å². The number of rotatable bonds is 4. The van der Waals surface area contributed by atoms with Crippen LogP contribution in [0.4, 0.5) is 0 Å². The molecular formula is C16H23N5O. The summed E-state index contributed by atoms with van der Waals surface area (Å²) in [4.78, 5) is 14.7. The molecule has 22 heavy (non-hydrogen) atoms. The summed E-state index contributed by atoms with van der Waals surface area (Å²) in [5, 5.41) is 13.6. The van der Waals surface area contributed by atoms with Crippen LogP contribution in [0.5, 0.6) is 0 Å². The van der Waals surface area contributed by atoms with Crippen molar-refractivity contribution in [2.75, 3.05) is 19.6 Å². The van der Waals surface area contributed by atoms with Gasteiger partial charge in [0.2, 0.25) is 0 Å². The molecule has 0 radical (unpaired) electrons. The van der Waals surface area contributed by atoms with Gasteiger partial charge < -0.3 is 5.32 Å². The standard InChI is InChI=1S/C16H23N5O/c1-11-5-7-21(8-6-11)12(2)10-17-16(22)13-3-4-14-15(9-13)19-20-18-14/h3-4,9,11-12H,5-8,10H2,1-2H3,(H,17,22)(H,18,19,20). The Balaban J connectivity index is 1.55. The number of carbonyl (C=O) groups is 1. The third-order valence-electron chi connectivity index (χ3n) is 4.58. The number of piperidine rings is 1. The Kier molecular flexibility index (Phi) is 4.38. The number of nitrogens with zero attached hydrogens (tertiary/aromatic N) is 3. The molecule has 0 saturated carbocycles. The highest BCUT2D eigenvalue weighted by Crippen LogP contribution is 2.17. The van der Waals surface area contributed by atoms with Gasteiger partial charge in [0.25, 0.3) is 5.91 Å². The van der Waals surface area contributed by atoms with Crippen LogP contribution in [0.3, 0.4) is 0 Å². The molecule has 1 unspecified atom stereocenters. The number of hydrogen-bond donors (Lipinski definition) is 2. The highest BCUT2D eigenvalue weighted by molar-refractivity contribution is 5.97. The van der Waals surface area contributed by atoms with Gasteiger partial charge in [-0.15, -0.1) is 0 Å². The van der Waals surface area contributed by atoms with Crippen molar-refractivity contribution in [3.05, 3.63) is 23.8 Å². The molecule has 1 fully saturated rings. The normalized spacial score (nSPS) is 18.5. The predicted molar refractivity (Wildman–Crippen MR) is 85.7 cm³/mol. The first-order valence-corrected chi connectivity index (χ1v) is 7.96. The second-order valence-corrected chi connectivity index (χ2v) is 6.30.